The normalized spacial score (nSPS) is 20.0. The van der Waals surface area contributed by atoms with Crippen LogP contribution in [-0.4, -0.2) is 60.7 Å². The van der Waals surface area contributed by atoms with Gasteiger partial charge in [0.25, 0.3) is 5.91 Å². The number of nitrogens with zero attached hydrogens (tertiary/aromatic N) is 3. The summed E-state index contributed by atoms with van der Waals surface area (Å²) < 4.78 is 1.93. The summed E-state index contributed by atoms with van der Waals surface area (Å²) in [5, 5.41) is 5.86. The smallest absolute Gasteiger partial charge is 0.253 e. The van der Waals surface area contributed by atoms with Crippen LogP contribution in [0.2, 0.25) is 0 Å². The second-order valence-corrected chi connectivity index (χ2v) is 10.1. The minimum absolute atomic E-state index is 0.0611. The number of rotatable bonds is 7. The third kappa shape index (κ3) is 8.05. The lowest BCUT2D eigenvalue weighted by Gasteiger charge is -2.21. The zero-order valence-electron chi connectivity index (χ0n) is 22.2. The molecule has 1 saturated carbocycles. The van der Waals surface area contributed by atoms with E-state index in [1.807, 2.05) is 74.1 Å². The summed E-state index contributed by atoms with van der Waals surface area (Å²) in [7, 11) is 6.00. The van der Waals surface area contributed by atoms with E-state index in [9.17, 15) is 9.59 Å². The Morgan fingerprint density at radius 1 is 1.22 bits per heavy atom. The van der Waals surface area contributed by atoms with E-state index in [2.05, 4.69) is 17.9 Å². The Bertz CT molecular complexity index is 1040. The lowest BCUT2D eigenvalue weighted by atomic mass is 9.88. The summed E-state index contributed by atoms with van der Waals surface area (Å²) in [6, 6.07) is 8.03. The number of hydrogen-bond acceptors (Lipinski definition) is 6. The zero-order chi connectivity index (χ0) is 26.6. The van der Waals surface area contributed by atoms with E-state index in [1.54, 1.807) is 5.41 Å². The molecule has 1 aliphatic heterocycles. The summed E-state index contributed by atoms with van der Waals surface area (Å²) >= 11 is 4.06. The highest BCUT2D eigenvalue weighted by atomic mass is 32.1. The van der Waals surface area contributed by atoms with Crippen molar-refractivity contribution in [3.8, 4) is 0 Å². The minimum atomic E-state index is -0.568. The molecule has 2 heterocycles. The van der Waals surface area contributed by atoms with Gasteiger partial charge in [0.05, 0.1) is 6.54 Å². The molecule has 1 atom stereocenters. The van der Waals surface area contributed by atoms with Crippen molar-refractivity contribution < 1.29 is 9.59 Å². The topological polar surface area (TPSA) is 92.7 Å². The fourth-order valence-electron chi connectivity index (χ4n) is 4.65. The van der Waals surface area contributed by atoms with Crippen molar-refractivity contribution in [3.63, 3.8) is 0 Å². The fraction of sp³-hybridized carbons (Fsp3) is 0.536. The highest BCUT2D eigenvalue weighted by Crippen LogP contribution is 2.31. The Morgan fingerprint density at radius 2 is 1.92 bits per heavy atom. The van der Waals surface area contributed by atoms with E-state index in [0.717, 1.165) is 35.0 Å². The number of aromatic nitrogens is 1. The first-order chi connectivity index (χ1) is 17.3. The van der Waals surface area contributed by atoms with E-state index in [-0.39, 0.29) is 5.91 Å². The van der Waals surface area contributed by atoms with Crippen molar-refractivity contribution in [2.24, 2.45) is 16.6 Å². The molecule has 1 fully saturated rings. The molecule has 1 aliphatic carbocycles. The van der Waals surface area contributed by atoms with Crippen molar-refractivity contribution in [2.75, 3.05) is 27.7 Å². The Labute approximate surface area is 221 Å². The summed E-state index contributed by atoms with van der Waals surface area (Å²) in [6.45, 7) is 2.93. The van der Waals surface area contributed by atoms with Crippen LogP contribution in [0.3, 0.4) is 0 Å². The standard InChI is InChI=1S/C13H23N3O.C12H11NOS.C3H9N/c1-2-13(8-9-14)12(17)15-11(16-13)10-6-4-3-5-7-10;14-8-7-13-6-4-11-10(5-9-15)2-1-3-12(11)13;1-4(2)3/h10H,2-9,14H2,1H3,(H,15,16,17);1-6,8-9,15H,7H2;1-3H3/b;9-5+;. The quantitative estimate of drug-likeness (QED) is 0.375. The Morgan fingerprint density at radius 3 is 2.50 bits per heavy atom. The maximum atomic E-state index is 12.1. The molecule has 4 rings (SSSR count). The maximum Gasteiger partial charge on any atom is 0.253 e. The molecular weight excluding hydrogens is 470 g/mol. The van der Waals surface area contributed by atoms with Crippen molar-refractivity contribution in [1.82, 2.24) is 14.8 Å². The number of benzene rings is 1. The zero-order valence-corrected chi connectivity index (χ0v) is 23.1. The van der Waals surface area contributed by atoms with E-state index >= 15 is 0 Å². The largest absolute Gasteiger partial charge is 0.340 e. The van der Waals surface area contributed by atoms with Crippen LogP contribution in [0.25, 0.3) is 17.0 Å². The van der Waals surface area contributed by atoms with Gasteiger partial charge in [-0.3, -0.25) is 9.79 Å². The average molecular weight is 514 g/mol. The molecule has 36 heavy (non-hydrogen) atoms. The maximum absolute atomic E-state index is 12.1. The van der Waals surface area contributed by atoms with Gasteiger partial charge in [0, 0.05) is 23.0 Å². The number of nitrogens with two attached hydrogens (primary N) is 1. The van der Waals surface area contributed by atoms with Gasteiger partial charge in [-0.2, -0.15) is 12.6 Å². The van der Waals surface area contributed by atoms with E-state index in [0.29, 0.717) is 25.4 Å². The first-order valence-corrected chi connectivity index (χ1v) is 13.4. The van der Waals surface area contributed by atoms with Gasteiger partial charge >= 0.3 is 0 Å². The van der Waals surface area contributed by atoms with Crippen LogP contribution < -0.4 is 11.1 Å². The number of carbonyl (C=O) groups excluding carboxylic acids is 2. The van der Waals surface area contributed by atoms with Gasteiger partial charge in [-0.25, -0.2) is 0 Å². The minimum Gasteiger partial charge on any atom is -0.340 e. The van der Waals surface area contributed by atoms with Crippen molar-refractivity contribution in [2.45, 2.75) is 64.0 Å². The molecule has 1 aromatic carbocycles. The number of fused-ring (bicyclic) bond motifs is 1. The Balaban J connectivity index is 0.000000222. The first kappa shape index (κ1) is 29.8. The number of amides is 1. The van der Waals surface area contributed by atoms with E-state index < -0.39 is 5.54 Å². The summed E-state index contributed by atoms with van der Waals surface area (Å²) in [5.41, 5.74) is 7.23. The van der Waals surface area contributed by atoms with Crippen LogP contribution in [-0.2, 0) is 16.1 Å². The monoisotopic (exact) mass is 513 g/mol. The first-order valence-electron chi connectivity index (χ1n) is 12.9. The van der Waals surface area contributed by atoms with Gasteiger partial charge in [0.2, 0.25) is 0 Å². The molecule has 1 unspecified atom stereocenters. The third-order valence-electron chi connectivity index (χ3n) is 6.51. The lowest BCUT2D eigenvalue weighted by Crippen LogP contribution is -2.41. The SMILES string of the molecule is CCC1(CCN)N=C(C2CCCCC2)NC1=O.CN(C)C.O=CCn1ccc2c(/C=C/S)cccc21. The van der Waals surface area contributed by atoms with E-state index in [4.69, 9.17) is 10.7 Å². The second kappa shape index (κ2) is 15.0. The van der Waals surface area contributed by atoms with Crippen LogP contribution in [0.5, 0.6) is 0 Å². The highest BCUT2D eigenvalue weighted by Gasteiger charge is 2.42. The summed E-state index contributed by atoms with van der Waals surface area (Å²) in [6.07, 6.45) is 12.3. The number of aliphatic imine (C=N–C) groups is 1. The molecular formula is C28H43N5O2S. The molecule has 2 aromatic rings. The Hall–Kier alpha value is -2.42. The number of nitrogens with one attached hydrogen (secondary N) is 1. The van der Waals surface area contributed by atoms with Crippen LogP contribution >= 0.6 is 12.6 Å². The average Bonchev–Trinajstić information content (AvgIpc) is 3.42. The molecule has 8 heteroatoms. The van der Waals surface area contributed by atoms with Crippen LogP contribution in [0.4, 0.5) is 0 Å². The van der Waals surface area contributed by atoms with Crippen molar-refractivity contribution in [1.29, 1.82) is 0 Å². The van der Waals surface area contributed by atoms with Crippen LogP contribution in [0, 0.1) is 5.92 Å². The lowest BCUT2D eigenvalue weighted by molar-refractivity contribution is -0.124. The molecule has 3 N–H and O–H groups in total. The van der Waals surface area contributed by atoms with Crippen molar-refractivity contribution in [3.05, 3.63) is 41.4 Å². The number of hydrogen-bond donors (Lipinski definition) is 3. The molecule has 0 bridgehead atoms. The van der Waals surface area contributed by atoms with Gasteiger partial charge in [-0.05, 0) is 82.6 Å². The highest BCUT2D eigenvalue weighted by molar-refractivity contribution is 7.83. The molecule has 2 aliphatic rings. The van der Waals surface area contributed by atoms with Crippen LogP contribution in [0.1, 0.15) is 57.4 Å². The number of amidine groups is 1. The van der Waals surface area contributed by atoms with Crippen LogP contribution in [0.15, 0.2) is 40.9 Å². The predicted octanol–water partition coefficient (Wildman–Crippen LogP) is 4.51. The third-order valence-corrected chi connectivity index (χ3v) is 6.66. The van der Waals surface area contributed by atoms with Gasteiger partial charge in [-0.1, -0.05) is 38.3 Å². The molecule has 0 radical (unpaired) electrons. The molecule has 0 saturated heterocycles. The number of carbonyl (C=O) groups is 2. The summed E-state index contributed by atoms with van der Waals surface area (Å²) in [5.74, 6) is 1.47. The predicted molar refractivity (Wildman–Crippen MR) is 154 cm³/mol. The van der Waals surface area contributed by atoms with Gasteiger partial charge in [0.15, 0.2) is 0 Å². The fourth-order valence-corrected chi connectivity index (χ4v) is 4.81. The van der Waals surface area contributed by atoms with Gasteiger partial charge < -0.3 is 25.3 Å². The molecule has 1 amide bonds. The Kier molecular flexibility index (Phi) is 12.4. The van der Waals surface area contributed by atoms with Gasteiger partial charge in [0.1, 0.15) is 17.7 Å². The van der Waals surface area contributed by atoms with Crippen molar-refractivity contribution >= 4 is 47.6 Å². The molecule has 0 spiro atoms. The molecule has 7 nitrogen and oxygen atoms in total. The number of aldehydes is 1. The van der Waals surface area contributed by atoms with Gasteiger partial charge in [-0.15, -0.1) is 0 Å². The summed E-state index contributed by atoms with van der Waals surface area (Å²) in [4.78, 5) is 29.3. The number of thiol groups is 1. The molecule has 198 valence electrons. The molecule has 1 aromatic heterocycles. The second-order valence-electron chi connectivity index (χ2n) is 9.78. The van der Waals surface area contributed by atoms with E-state index in [1.165, 1.54) is 32.1 Å².